The van der Waals surface area contributed by atoms with E-state index in [1.165, 1.54) is 16.7 Å². The molecule has 2 heterocycles. The maximum Gasteiger partial charge on any atom is 0.337 e. The number of allylic oxidation sites excluding steroid dienone is 1. The molecule has 1 aliphatic carbocycles. The summed E-state index contributed by atoms with van der Waals surface area (Å²) in [5, 5.41) is 10.1. The highest BCUT2D eigenvalue weighted by atomic mass is 35.5. The summed E-state index contributed by atoms with van der Waals surface area (Å²) in [6.07, 6.45) is 4.51. The molecule has 0 unspecified atom stereocenters. The zero-order chi connectivity index (χ0) is 18.4. The summed E-state index contributed by atoms with van der Waals surface area (Å²) in [7, 11) is 0. The summed E-state index contributed by atoms with van der Waals surface area (Å²) >= 11 is 12.0. The van der Waals surface area contributed by atoms with Gasteiger partial charge in [-0.05, 0) is 54.3 Å². The second-order valence-corrected chi connectivity index (χ2v) is 6.85. The van der Waals surface area contributed by atoms with Crippen LogP contribution in [-0.2, 0) is 6.42 Å². The molecule has 7 heteroatoms. The van der Waals surface area contributed by atoms with Crippen molar-refractivity contribution >= 4 is 46.5 Å². The molecule has 0 atom stereocenters. The Hall–Kier alpha value is -2.63. The minimum atomic E-state index is -1.08. The van der Waals surface area contributed by atoms with Crippen molar-refractivity contribution in [1.82, 2.24) is 9.38 Å². The van der Waals surface area contributed by atoms with Crippen LogP contribution in [0.1, 0.15) is 33.6 Å². The predicted molar refractivity (Wildman–Crippen MR) is 101 cm³/mol. The number of halogens is 2. The molecule has 1 N–H and O–H groups in total. The number of pyridine rings is 1. The molecule has 2 aromatic heterocycles. The van der Waals surface area contributed by atoms with Gasteiger partial charge in [0, 0.05) is 11.8 Å². The van der Waals surface area contributed by atoms with Crippen molar-refractivity contribution in [3.8, 4) is 0 Å². The van der Waals surface area contributed by atoms with Gasteiger partial charge in [-0.15, -0.1) is 0 Å². The first-order valence-electron chi connectivity index (χ1n) is 7.88. The Labute approximate surface area is 158 Å². The van der Waals surface area contributed by atoms with Gasteiger partial charge in [-0.2, -0.15) is 0 Å². The molecular weight excluding hydrogens is 375 g/mol. The number of fused-ring (bicyclic) bond motifs is 2. The standard InChI is InChI=1S/C19H12Cl2N2O3/c20-14-5-1-10(8-15(14)21)7-11-2-4-13-17(11)22-16-6-3-12(19(25)26)9-23(16)18(13)24/h1,3,5-9H,2,4H2,(H,25,26). The quantitative estimate of drug-likeness (QED) is 0.716. The van der Waals surface area contributed by atoms with Crippen molar-refractivity contribution in [1.29, 1.82) is 0 Å². The van der Waals surface area contributed by atoms with Crippen molar-refractivity contribution in [3.05, 3.63) is 79.3 Å². The van der Waals surface area contributed by atoms with Gasteiger partial charge >= 0.3 is 5.97 Å². The zero-order valence-electron chi connectivity index (χ0n) is 13.4. The summed E-state index contributed by atoms with van der Waals surface area (Å²) in [5.74, 6) is -1.08. The van der Waals surface area contributed by atoms with Crippen LogP contribution in [0, 0.1) is 0 Å². The number of carbonyl (C=O) groups is 1. The average molecular weight is 387 g/mol. The molecule has 26 heavy (non-hydrogen) atoms. The molecule has 0 bridgehead atoms. The third-order valence-corrected chi connectivity index (χ3v) is 5.14. The molecule has 0 saturated carbocycles. The highest BCUT2D eigenvalue weighted by molar-refractivity contribution is 6.42. The van der Waals surface area contributed by atoms with E-state index in [0.717, 1.165) is 11.1 Å². The average Bonchev–Trinajstić information content (AvgIpc) is 3.01. The molecule has 0 spiro atoms. The molecule has 1 aliphatic rings. The fourth-order valence-corrected chi connectivity index (χ4v) is 3.42. The van der Waals surface area contributed by atoms with Gasteiger partial charge in [0.15, 0.2) is 0 Å². The van der Waals surface area contributed by atoms with Crippen LogP contribution < -0.4 is 5.56 Å². The first-order chi connectivity index (χ1) is 12.4. The minimum absolute atomic E-state index is 0.0471. The van der Waals surface area contributed by atoms with E-state index in [4.69, 9.17) is 28.3 Å². The first kappa shape index (κ1) is 16.8. The van der Waals surface area contributed by atoms with Crippen LogP contribution >= 0.6 is 23.2 Å². The van der Waals surface area contributed by atoms with E-state index < -0.39 is 5.97 Å². The van der Waals surface area contributed by atoms with Gasteiger partial charge in [0.05, 0.1) is 21.3 Å². The van der Waals surface area contributed by atoms with Crippen LogP contribution in [0.2, 0.25) is 10.0 Å². The first-order valence-corrected chi connectivity index (χ1v) is 8.64. The van der Waals surface area contributed by atoms with Crippen LogP contribution in [0.5, 0.6) is 0 Å². The van der Waals surface area contributed by atoms with Gasteiger partial charge in [-0.3, -0.25) is 9.20 Å². The normalized spacial score (nSPS) is 14.8. The molecule has 0 amide bonds. The van der Waals surface area contributed by atoms with Crippen LogP contribution in [0.15, 0.2) is 41.3 Å². The van der Waals surface area contributed by atoms with Crippen LogP contribution in [0.3, 0.4) is 0 Å². The van der Waals surface area contributed by atoms with Gasteiger partial charge in [-0.1, -0.05) is 29.3 Å². The number of benzene rings is 1. The number of carboxylic acid groups (broad SMARTS) is 1. The molecule has 0 saturated heterocycles. The van der Waals surface area contributed by atoms with E-state index in [0.29, 0.717) is 39.8 Å². The molecular formula is C19H12Cl2N2O3. The van der Waals surface area contributed by atoms with Crippen LogP contribution in [-0.4, -0.2) is 20.5 Å². The minimum Gasteiger partial charge on any atom is -0.478 e. The van der Waals surface area contributed by atoms with Gasteiger partial charge in [0.1, 0.15) is 5.65 Å². The molecule has 5 nitrogen and oxygen atoms in total. The molecule has 130 valence electrons. The highest BCUT2D eigenvalue weighted by Crippen LogP contribution is 2.32. The lowest BCUT2D eigenvalue weighted by Crippen LogP contribution is -2.20. The summed E-state index contributed by atoms with van der Waals surface area (Å²) in [4.78, 5) is 28.5. The summed E-state index contributed by atoms with van der Waals surface area (Å²) in [5.41, 5.74) is 3.31. The molecule has 0 fully saturated rings. The summed E-state index contributed by atoms with van der Waals surface area (Å²) in [6.45, 7) is 0. The van der Waals surface area contributed by atoms with Gasteiger partial charge in [-0.25, -0.2) is 9.78 Å². The summed E-state index contributed by atoms with van der Waals surface area (Å²) < 4.78 is 1.30. The fourth-order valence-electron chi connectivity index (χ4n) is 3.11. The number of hydrogen-bond donors (Lipinski definition) is 1. The van der Waals surface area contributed by atoms with Crippen molar-refractivity contribution in [2.24, 2.45) is 0 Å². The number of aromatic nitrogens is 2. The Balaban J connectivity index is 1.86. The maximum absolute atomic E-state index is 12.8. The topological polar surface area (TPSA) is 71.7 Å². The predicted octanol–water partition coefficient (Wildman–Crippen LogP) is 4.19. The summed E-state index contributed by atoms with van der Waals surface area (Å²) in [6, 6.07) is 8.32. The molecule has 1 aromatic carbocycles. The zero-order valence-corrected chi connectivity index (χ0v) is 14.9. The van der Waals surface area contributed by atoms with E-state index in [9.17, 15) is 9.59 Å². The second kappa shape index (κ2) is 6.27. The molecule has 0 aliphatic heterocycles. The lowest BCUT2D eigenvalue weighted by atomic mass is 10.1. The van der Waals surface area contributed by atoms with Crippen molar-refractivity contribution in [2.75, 3.05) is 0 Å². The number of aromatic carboxylic acids is 1. The fraction of sp³-hybridized carbons (Fsp3) is 0.105. The maximum atomic E-state index is 12.8. The Bertz CT molecular complexity index is 1170. The highest BCUT2D eigenvalue weighted by Gasteiger charge is 2.23. The number of carboxylic acids is 1. The van der Waals surface area contributed by atoms with Crippen LogP contribution in [0.25, 0.3) is 17.3 Å². The van der Waals surface area contributed by atoms with E-state index in [1.807, 2.05) is 12.1 Å². The van der Waals surface area contributed by atoms with E-state index in [-0.39, 0.29) is 11.1 Å². The Morgan fingerprint density at radius 2 is 1.96 bits per heavy atom. The lowest BCUT2D eigenvalue weighted by molar-refractivity contribution is 0.0696. The number of hydrogen-bond acceptors (Lipinski definition) is 3. The SMILES string of the molecule is O=C(O)c1ccc2nc3c(c(=O)n2c1)CCC3=Cc1ccc(Cl)c(Cl)c1. The van der Waals surface area contributed by atoms with Gasteiger partial charge in [0.2, 0.25) is 0 Å². The van der Waals surface area contributed by atoms with E-state index >= 15 is 0 Å². The van der Waals surface area contributed by atoms with E-state index in [2.05, 4.69) is 4.98 Å². The molecule has 4 rings (SSSR count). The Kier molecular flexibility index (Phi) is 4.05. The Morgan fingerprint density at radius 3 is 2.69 bits per heavy atom. The Morgan fingerprint density at radius 1 is 1.15 bits per heavy atom. The second-order valence-electron chi connectivity index (χ2n) is 6.04. The third-order valence-electron chi connectivity index (χ3n) is 4.40. The number of nitrogens with zero attached hydrogens (tertiary/aromatic N) is 2. The van der Waals surface area contributed by atoms with Crippen molar-refractivity contribution < 1.29 is 9.90 Å². The van der Waals surface area contributed by atoms with Crippen molar-refractivity contribution in [2.45, 2.75) is 12.8 Å². The number of rotatable bonds is 2. The van der Waals surface area contributed by atoms with Gasteiger partial charge < -0.3 is 5.11 Å². The monoisotopic (exact) mass is 386 g/mol. The van der Waals surface area contributed by atoms with Gasteiger partial charge in [0.25, 0.3) is 5.56 Å². The largest absolute Gasteiger partial charge is 0.478 e. The third kappa shape index (κ3) is 2.79. The van der Waals surface area contributed by atoms with Crippen molar-refractivity contribution in [3.63, 3.8) is 0 Å². The van der Waals surface area contributed by atoms with Crippen LogP contribution in [0.4, 0.5) is 0 Å². The molecule has 3 aromatic rings. The smallest absolute Gasteiger partial charge is 0.337 e. The molecule has 0 radical (unpaired) electrons. The lowest BCUT2D eigenvalue weighted by Gasteiger charge is -2.06. The van der Waals surface area contributed by atoms with E-state index in [1.54, 1.807) is 18.2 Å².